The molecule has 1 aliphatic rings. The average molecular weight is 216 g/mol. The van der Waals surface area contributed by atoms with E-state index in [0.29, 0.717) is 25.9 Å². The van der Waals surface area contributed by atoms with Crippen molar-refractivity contribution < 1.29 is 19.7 Å². The van der Waals surface area contributed by atoms with E-state index in [1.165, 1.54) is 0 Å². The van der Waals surface area contributed by atoms with Gasteiger partial charge in [0.1, 0.15) is 0 Å². The van der Waals surface area contributed by atoms with Crippen molar-refractivity contribution in [2.45, 2.75) is 51.2 Å². The summed E-state index contributed by atoms with van der Waals surface area (Å²) in [7, 11) is 0. The van der Waals surface area contributed by atoms with Crippen molar-refractivity contribution in [1.82, 2.24) is 0 Å². The first-order valence-electron chi connectivity index (χ1n) is 5.60. The number of carbonyl (C=O) groups is 1. The van der Waals surface area contributed by atoms with Crippen LogP contribution in [0.1, 0.15) is 39.5 Å². The van der Waals surface area contributed by atoms with Crippen molar-refractivity contribution in [3.05, 3.63) is 0 Å². The van der Waals surface area contributed by atoms with Crippen LogP contribution in [0.4, 0.5) is 0 Å². The molecule has 0 aromatic rings. The average Bonchev–Trinajstić information content (AvgIpc) is 2.11. The van der Waals surface area contributed by atoms with Crippen molar-refractivity contribution in [2.75, 3.05) is 6.61 Å². The van der Waals surface area contributed by atoms with Gasteiger partial charge in [0.15, 0.2) is 0 Å². The number of carboxylic acids is 1. The van der Waals surface area contributed by atoms with Crippen LogP contribution in [0.25, 0.3) is 0 Å². The summed E-state index contributed by atoms with van der Waals surface area (Å²) in [5, 5.41) is 19.1. The molecule has 88 valence electrons. The molecule has 1 unspecified atom stereocenters. The number of ether oxygens (including phenoxy) is 1. The van der Waals surface area contributed by atoms with Gasteiger partial charge in [0.25, 0.3) is 0 Å². The highest BCUT2D eigenvalue weighted by atomic mass is 16.5. The molecule has 0 aliphatic heterocycles. The van der Waals surface area contributed by atoms with E-state index in [2.05, 4.69) is 0 Å². The second-order valence-electron chi connectivity index (χ2n) is 4.27. The molecule has 0 spiro atoms. The zero-order valence-corrected chi connectivity index (χ0v) is 9.40. The first-order chi connectivity index (χ1) is 7.03. The predicted octanol–water partition coefficient (Wildman–Crippen LogP) is 1.42. The van der Waals surface area contributed by atoms with Gasteiger partial charge in [0.05, 0.1) is 17.6 Å². The van der Waals surface area contributed by atoms with Gasteiger partial charge in [-0.05, 0) is 13.3 Å². The normalized spacial score (nSPS) is 32.1. The van der Waals surface area contributed by atoms with Crippen LogP contribution in [0.3, 0.4) is 0 Å². The van der Waals surface area contributed by atoms with Crippen molar-refractivity contribution in [2.24, 2.45) is 5.92 Å². The largest absolute Gasteiger partial charge is 0.481 e. The lowest BCUT2D eigenvalue weighted by atomic mass is 9.68. The van der Waals surface area contributed by atoms with Crippen LogP contribution in [0, 0.1) is 5.92 Å². The SMILES string of the molecule is CCCC(C(=O)O)C1(O)CC(OCC)C1. The van der Waals surface area contributed by atoms with Gasteiger partial charge >= 0.3 is 5.97 Å². The van der Waals surface area contributed by atoms with Crippen LogP contribution < -0.4 is 0 Å². The highest BCUT2D eigenvalue weighted by Gasteiger charge is 2.51. The van der Waals surface area contributed by atoms with E-state index in [4.69, 9.17) is 9.84 Å². The second kappa shape index (κ2) is 4.94. The van der Waals surface area contributed by atoms with Gasteiger partial charge in [-0.25, -0.2) is 0 Å². The number of aliphatic carboxylic acids is 1. The Kier molecular flexibility index (Phi) is 4.11. The minimum atomic E-state index is -1.04. The third-order valence-corrected chi connectivity index (χ3v) is 3.09. The zero-order valence-electron chi connectivity index (χ0n) is 9.40. The van der Waals surface area contributed by atoms with E-state index in [9.17, 15) is 9.90 Å². The number of hydrogen-bond acceptors (Lipinski definition) is 3. The Morgan fingerprint density at radius 2 is 2.13 bits per heavy atom. The van der Waals surface area contributed by atoms with E-state index in [1.807, 2.05) is 13.8 Å². The molecule has 15 heavy (non-hydrogen) atoms. The summed E-state index contributed by atoms with van der Waals surface area (Å²) in [6.07, 6.45) is 2.26. The molecule has 4 nitrogen and oxygen atoms in total. The Labute approximate surface area is 90.2 Å². The number of rotatable bonds is 6. The summed E-state index contributed by atoms with van der Waals surface area (Å²) < 4.78 is 5.33. The summed E-state index contributed by atoms with van der Waals surface area (Å²) in [4.78, 5) is 11.0. The maximum atomic E-state index is 11.0. The van der Waals surface area contributed by atoms with E-state index in [-0.39, 0.29) is 6.10 Å². The molecular formula is C11H20O4. The summed E-state index contributed by atoms with van der Waals surface area (Å²) in [6, 6.07) is 0. The van der Waals surface area contributed by atoms with Crippen LogP contribution in [0.15, 0.2) is 0 Å². The van der Waals surface area contributed by atoms with E-state index >= 15 is 0 Å². The van der Waals surface area contributed by atoms with Crippen LogP contribution in [0.2, 0.25) is 0 Å². The number of hydrogen-bond donors (Lipinski definition) is 2. The Balaban J connectivity index is 2.51. The van der Waals surface area contributed by atoms with Gasteiger partial charge in [-0.1, -0.05) is 13.3 Å². The summed E-state index contributed by atoms with van der Waals surface area (Å²) in [5.74, 6) is -1.53. The van der Waals surface area contributed by atoms with Gasteiger partial charge < -0.3 is 14.9 Å². The molecule has 2 N–H and O–H groups in total. The lowest BCUT2D eigenvalue weighted by Crippen LogP contribution is -2.55. The lowest BCUT2D eigenvalue weighted by Gasteiger charge is -2.46. The third-order valence-electron chi connectivity index (χ3n) is 3.09. The Morgan fingerprint density at radius 3 is 2.53 bits per heavy atom. The Morgan fingerprint density at radius 1 is 1.53 bits per heavy atom. The summed E-state index contributed by atoms with van der Waals surface area (Å²) in [6.45, 7) is 4.45. The minimum absolute atomic E-state index is 0.0405. The van der Waals surface area contributed by atoms with Crippen molar-refractivity contribution >= 4 is 5.97 Å². The van der Waals surface area contributed by atoms with E-state index in [1.54, 1.807) is 0 Å². The predicted molar refractivity (Wildman–Crippen MR) is 55.6 cm³/mol. The van der Waals surface area contributed by atoms with Crippen molar-refractivity contribution in [1.29, 1.82) is 0 Å². The molecule has 1 atom stereocenters. The zero-order chi connectivity index (χ0) is 11.5. The quantitative estimate of drug-likeness (QED) is 0.704. The molecule has 0 amide bonds. The molecule has 4 heteroatoms. The highest BCUT2D eigenvalue weighted by Crippen LogP contribution is 2.42. The smallest absolute Gasteiger partial charge is 0.309 e. The maximum absolute atomic E-state index is 11.0. The Hall–Kier alpha value is -0.610. The van der Waals surface area contributed by atoms with Crippen LogP contribution in [0.5, 0.6) is 0 Å². The fourth-order valence-electron chi connectivity index (χ4n) is 2.28. The fraction of sp³-hybridized carbons (Fsp3) is 0.909. The van der Waals surface area contributed by atoms with Crippen LogP contribution >= 0.6 is 0 Å². The van der Waals surface area contributed by atoms with Gasteiger partial charge in [0.2, 0.25) is 0 Å². The Bertz CT molecular complexity index is 221. The molecule has 1 rings (SSSR count). The van der Waals surface area contributed by atoms with Gasteiger partial charge in [-0.2, -0.15) is 0 Å². The van der Waals surface area contributed by atoms with Crippen molar-refractivity contribution in [3.63, 3.8) is 0 Å². The lowest BCUT2D eigenvalue weighted by molar-refractivity contribution is -0.185. The van der Waals surface area contributed by atoms with Crippen LogP contribution in [-0.4, -0.2) is 34.5 Å². The van der Waals surface area contributed by atoms with Crippen LogP contribution in [-0.2, 0) is 9.53 Å². The topological polar surface area (TPSA) is 66.8 Å². The molecule has 1 aliphatic carbocycles. The highest BCUT2D eigenvalue weighted by molar-refractivity contribution is 5.71. The maximum Gasteiger partial charge on any atom is 0.309 e. The van der Waals surface area contributed by atoms with Gasteiger partial charge in [-0.15, -0.1) is 0 Å². The molecule has 0 saturated heterocycles. The molecule has 1 saturated carbocycles. The molecule has 0 bridgehead atoms. The second-order valence-corrected chi connectivity index (χ2v) is 4.27. The summed E-state index contributed by atoms with van der Waals surface area (Å²) in [5.41, 5.74) is -1.04. The molecular weight excluding hydrogens is 196 g/mol. The number of aliphatic hydroxyl groups is 1. The fourth-order valence-corrected chi connectivity index (χ4v) is 2.28. The number of carboxylic acid groups (broad SMARTS) is 1. The van der Waals surface area contributed by atoms with E-state index in [0.717, 1.165) is 6.42 Å². The molecule has 0 aromatic heterocycles. The molecule has 0 radical (unpaired) electrons. The van der Waals surface area contributed by atoms with Crippen molar-refractivity contribution in [3.8, 4) is 0 Å². The first kappa shape index (κ1) is 12.5. The summed E-state index contributed by atoms with van der Waals surface area (Å²) >= 11 is 0. The van der Waals surface area contributed by atoms with E-state index < -0.39 is 17.5 Å². The van der Waals surface area contributed by atoms with Gasteiger partial charge in [0, 0.05) is 19.4 Å². The molecule has 0 heterocycles. The first-order valence-corrected chi connectivity index (χ1v) is 5.60. The van der Waals surface area contributed by atoms with Gasteiger partial charge in [-0.3, -0.25) is 4.79 Å². The standard InChI is InChI=1S/C11H20O4/c1-3-5-9(10(12)13)11(14)6-8(7-11)15-4-2/h8-9,14H,3-7H2,1-2H3,(H,12,13). The third kappa shape index (κ3) is 2.69. The minimum Gasteiger partial charge on any atom is -0.481 e. The molecule has 0 aromatic carbocycles. The molecule has 1 fully saturated rings. The monoisotopic (exact) mass is 216 g/mol.